The van der Waals surface area contributed by atoms with Crippen molar-refractivity contribution in [2.45, 2.75) is 26.3 Å². The van der Waals surface area contributed by atoms with E-state index < -0.39 is 6.04 Å². The summed E-state index contributed by atoms with van der Waals surface area (Å²) in [5, 5.41) is 6.94. The van der Waals surface area contributed by atoms with Crippen LogP contribution in [0.3, 0.4) is 0 Å². The molecule has 0 aliphatic heterocycles. The van der Waals surface area contributed by atoms with Crippen LogP contribution in [0, 0.1) is 6.92 Å². The van der Waals surface area contributed by atoms with Crippen LogP contribution in [-0.2, 0) is 11.2 Å². The van der Waals surface area contributed by atoms with E-state index in [9.17, 15) is 9.59 Å². The molecule has 0 fully saturated rings. The number of nitrogens with zero attached hydrogens (tertiary/aromatic N) is 2. The van der Waals surface area contributed by atoms with Crippen LogP contribution in [0.4, 0.5) is 0 Å². The number of aryl methyl sites for hydroxylation is 1. The first-order valence-corrected chi connectivity index (χ1v) is 6.96. The summed E-state index contributed by atoms with van der Waals surface area (Å²) in [5.74, 6) is -0.203. The van der Waals surface area contributed by atoms with Gasteiger partial charge in [-0.3, -0.25) is 9.59 Å². The number of amides is 1. The van der Waals surface area contributed by atoms with Crippen LogP contribution in [0.5, 0.6) is 0 Å². The second-order valence-electron chi connectivity index (χ2n) is 4.96. The Balaban J connectivity index is 1.94. The Labute approximate surface area is 123 Å². The fourth-order valence-electron chi connectivity index (χ4n) is 2.03. The minimum Gasteiger partial charge on any atom is -0.354 e. The summed E-state index contributed by atoms with van der Waals surface area (Å²) in [7, 11) is 0. The maximum atomic E-state index is 12.1. The standard InChI is InChI=1S/C16H19N3O2/c1-12-8-9-15(20)19(18-12)13(2)16(21)17-11-10-14-6-4-3-5-7-14/h3-9,13H,10-11H2,1-2H3,(H,17,21)/t13-/m0/s1. The van der Waals surface area contributed by atoms with Crippen molar-refractivity contribution in [3.05, 3.63) is 64.1 Å². The van der Waals surface area contributed by atoms with E-state index >= 15 is 0 Å². The number of carbonyl (C=O) groups excluding carboxylic acids is 1. The lowest BCUT2D eigenvalue weighted by molar-refractivity contribution is -0.124. The molecule has 0 aliphatic rings. The minimum absolute atomic E-state index is 0.203. The second-order valence-corrected chi connectivity index (χ2v) is 4.96. The fourth-order valence-corrected chi connectivity index (χ4v) is 2.03. The van der Waals surface area contributed by atoms with E-state index in [4.69, 9.17) is 0 Å². The van der Waals surface area contributed by atoms with Crippen molar-refractivity contribution in [1.29, 1.82) is 0 Å². The summed E-state index contributed by atoms with van der Waals surface area (Å²) in [6.07, 6.45) is 0.759. The van der Waals surface area contributed by atoms with E-state index in [0.717, 1.165) is 12.0 Å². The molecule has 0 unspecified atom stereocenters. The molecule has 1 heterocycles. The van der Waals surface area contributed by atoms with Gasteiger partial charge in [0.2, 0.25) is 5.91 Å². The lowest BCUT2D eigenvalue weighted by Gasteiger charge is -2.14. The SMILES string of the molecule is Cc1ccc(=O)n([C@@H](C)C(=O)NCCc2ccccc2)n1. The van der Waals surface area contributed by atoms with Crippen LogP contribution in [0.1, 0.15) is 24.2 Å². The lowest BCUT2D eigenvalue weighted by Crippen LogP contribution is -2.37. The summed E-state index contributed by atoms with van der Waals surface area (Å²) in [6.45, 7) is 4.00. The second kappa shape index (κ2) is 6.83. The van der Waals surface area contributed by atoms with Gasteiger partial charge in [-0.05, 0) is 31.9 Å². The summed E-state index contributed by atoms with van der Waals surface area (Å²) < 4.78 is 1.22. The van der Waals surface area contributed by atoms with Gasteiger partial charge in [-0.1, -0.05) is 30.3 Å². The quantitative estimate of drug-likeness (QED) is 0.905. The smallest absolute Gasteiger partial charge is 0.267 e. The third kappa shape index (κ3) is 4.02. The Hall–Kier alpha value is -2.43. The molecule has 0 aliphatic carbocycles. The lowest BCUT2D eigenvalue weighted by atomic mass is 10.1. The van der Waals surface area contributed by atoms with Gasteiger partial charge >= 0.3 is 0 Å². The van der Waals surface area contributed by atoms with Crippen molar-refractivity contribution in [1.82, 2.24) is 15.1 Å². The minimum atomic E-state index is -0.617. The molecule has 2 rings (SSSR count). The Morgan fingerprint density at radius 1 is 1.24 bits per heavy atom. The van der Waals surface area contributed by atoms with Crippen molar-refractivity contribution in [3.63, 3.8) is 0 Å². The van der Waals surface area contributed by atoms with E-state index in [1.54, 1.807) is 19.9 Å². The molecule has 2 aromatic rings. The molecule has 0 spiro atoms. The average molecular weight is 285 g/mol. The predicted octanol–water partition coefficient (Wildman–Crippen LogP) is 1.47. The van der Waals surface area contributed by atoms with Gasteiger partial charge in [0.05, 0.1) is 5.69 Å². The van der Waals surface area contributed by atoms with Crippen molar-refractivity contribution in [2.24, 2.45) is 0 Å². The van der Waals surface area contributed by atoms with Gasteiger partial charge < -0.3 is 5.32 Å². The molecule has 1 aromatic heterocycles. The Morgan fingerprint density at radius 2 is 1.95 bits per heavy atom. The number of carbonyl (C=O) groups is 1. The molecule has 110 valence electrons. The van der Waals surface area contributed by atoms with Gasteiger partial charge in [0.1, 0.15) is 6.04 Å². The van der Waals surface area contributed by atoms with Crippen molar-refractivity contribution >= 4 is 5.91 Å². The van der Waals surface area contributed by atoms with E-state index in [1.165, 1.54) is 10.7 Å². The van der Waals surface area contributed by atoms with E-state index in [1.807, 2.05) is 30.3 Å². The summed E-state index contributed by atoms with van der Waals surface area (Å²) in [4.78, 5) is 23.8. The average Bonchev–Trinajstić information content (AvgIpc) is 2.50. The van der Waals surface area contributed by atoms with Gasteiger partial charge in [-0.15, -0.1) is 0 Å². The number of rotatable bonds is 5. The van der Waals surface area contributed by atoms with Crippen LogP contribution in [0.15, 0.2) is 47.3 Å². The highest BCUT2D eigenvalue weighted by atomic mass is 16.2. The van der Waals surface area contributed by atoms with E-state index in [0.29, 0.717) is 12.2 Å². The first kappa shape index (κ1) is 15.0. The Morgan fingerprint density at radius 3 is 2.67 bits per heavy atom. The van der Waals surface area contributed by atoms with Crippen molar-refractivity contribution in [3.8, 4) is 0 Å². The van der Waals surface area contributed by atoms with Crippen molar-refractivity contribution < 1.29 is 4.79 Å². The molecular weight excluding hydrogens is 266 g/mol. The van der Waals surface area contributed by atoms with Crippen molar-refractivity contribution in [2.75, 3.05) is 6.54 Å². The van der Waals surface area contributed by atoms with Crippen LogP contribution in [-0.4, -0.2) is 22.2 Å². The zero-order valence-corrected chi connectivity index (χ0v) is 12.2. The third-order valence-corrected chi connectivity index (χ3v) is 3.26. The third-order valence-electron chi connectivity index (χ3n) is 3.26. The molecule has 1 aromatic carbocycles. The molecule has 1 N–H and O–H groups in total. The van der Waals surface area contributed by atoms with Gasteiger partial charge in [0.25, 0.3) is 5.56 Å². The molecule has 5 heteroatoms. The van der Waals surface area contributed by atoms with Gasteiger partial charge in [0, 0.05) is 12.6 Å². The largest absolute Gasteiger partial charge is 0.354 e. The molecule has 0 saturated carbocycles. The maximum absolute atomic E-state index is 12.1. The highest BCUT2D eigenvalue weighted by Gasteiger charge is 2.16. The molecule has 5 nitrogen and oxygen atoms in total. The number of hydrogen-bond donors (Lipinski definition) is 1. The molecule has 0 saturated heterocycles. The van der Waals surface area contributed by atoms with Crippen LogP contribution < -0.4 is 10.9 Å². The van der Waals surface area contributed by atoms with Crippen LogP contribution in [0.25, 0.3) is 0 Å². The number of benzene rings is 1. The highest BCUT2D eigenvalue weighted by molar-refractivity contribution is 5.79. The number of hydrogen-bond acceptors (Lipinski definition) is 3. The van der Waals surface area contributed by atoms with Gasteiger partial charge in [-0.25, -0.2) is 4.68 Å². The Kier molecular flexibility index (Phi) is 4.87. The Bertz CT molecular complexity index is 665. The number of nitrogens with one attached hydrogen (secondary N) is 1. The zero-order chi connectivity index (χ0) is 15.2. The first-order chi connectivity index (χ1) is 10.1. The van der Waals surface area contributed by atoms with E-state index in [-0.39, 0.29) is 11.5 Å². The highest BCUT2D eigenvalue weighted by Crippen LogP contribution is 2.02. The fraction of sp³-hybridized carbons (Fsp3) is 0.312. The zero-order valence-electron chi connectivity index (χ0n) is 12.2. The summed E-state index contributed by atoms with van der Waals surface area (Å²) in [6, 6.07) is 12.4. The van der Waals surface area contributed by atoms with Crippen LogP contribution >= 0.6 is 0 Å². The molecule has 1 atom stereocenters. The molecule has 0 bridgehead atoms. The molecular formula is C16H19N3O2. The summed E-state index contributed by atoms with van der Waals surface area (Å²) >= 11 is 0. The molecule has 1 amide bonds. The van der Waals surface area contributed by atoms with Gasteiger partial charge in [0.15, 0.2) is 0 Å². The molecule has 0 radical (unpaired) electrons. The first-order valence-electron chi connectivity index (χ1n) is 6.96. The predicted molar refractivity (Wildman–Crippen MR) is 81.1 cm³/mol. The maximum Gasteiger partial charge on any atom is 0.267 e. The monoisotopic (exact) mass is 285 g/mol. The van der Waals surface area contributed by atoms with Crippen LogP contribution in [0.2, 0.25) is 0 Å². The molecule has 21 heavy (non-hydrogen) atoms. The van der Waals surface area contributed by atoms with Gasteiger partial charge in [-0.2, -0.15) is 5.10 Å². The topological polar surface area (TPSA) is 64.0 Å². The normalized spacial score (nSPS) is 11.9. The number of aromatic nitrogens is 2. The summed E-state index contributed by atoms with van der Waals surface area (Å²) in [5.41, 5.74) is 1.60. The van der Waals surface area contributed by atoms with E-state index in [2.05, 4.69) is 10.4 Å².